The number of rotatable bonds is 3. The minimum absolute atomic E-state index is 0.0126. The van der Waals surface area contributed by atoms with Gasteiger partial charge in [0.1, 0.15) is 12.1 Å². The first-order valence-corrected chi connectivity index (χ1v) is 7.26. The molecule has 2 atom stereocenters. The van der Waals surface area contributed by atoms with Crippen LogP contribution in [0.5, 0.6) is 0 Å². The van der Waals surface area contributed by atoms with Gasteiger partial charge in [-0.3, -0.25) is 9.59 Å². The molecular formula is C14H24N2O2. The van der Waals surface area contributed by atoms with Crippen molar-refractivity contribution in [3.8, 4) is 0 Å². The zero-order valence-corrected chi connectivity index (χ0v) is 11.4. The number of carbonyl (C=O) groups excluding carboxylic acids is 2. The molecule has 1 aliphatic heterocycles. The third-order valence-corrected chi connectivity index (χ3v) is 4.28. The Hall–Kier alpha value is -1.06. The SMILES string of the molecule is CCCN1C(=O)C(C2CCCCC2)NC(=O)C1C. The topological polar surface area (TPSA) is 49.4 Å². The number of amides is 2. The van der Waals surface area contributed by atoms with Crippen LogP contribution < -0.4 is 5.32 Å². The highest BCUT2D eigenvalue weighted by Crippen LogP contribution is 2.29. The molecule has 1 saturated carbocycles. The lowest BCUT2D eigenvalue weighted by atomic mass is 9.82. The standard InChI is InChI=1S/C14H24N2O2/c1-3-9-16-10(2)13(17)15-12(14(16)18)11-7-5-4-6-8-11/h10-12H,3-9H2,1-2H3,(H,15,17). The van der Waals surface area contributed by atoms with Crippen molar-refractivity contribution in [2.45, 2.75) is 64.5 Å². The van der Waals surface area contributed by atoms with Gasteiger partial charge in [-0.05, 0) is 32.1 Å². The number of nitrogens with one attached hydrogen (secondary N) is 1. The molecule has 0 aromatic rings. The first kappa shape index (κ1) is 13.4. The van der Waals surface area contributed by atoms with E-state index >= 15 is 0 Å². The number of piperazine rings is 1. The molecule has 4 heteroatoms. The molecule has 0 spiro atoms. The van der Waals surface area contributed by atoms with Gasteiger partial charge in [-0.2, -0.15) is 0 Å². The molecule has 0 aromatic carbocycles. The molecule has 1 aliphatic carbocycles. The van der Waals surface area contributed by atoms with Crippen LogP contribution in [0.2, 0.25) is 0 Å². The average molecular weight is 252 g/mol. The van der Waals surface area contributed by atoms with Crippen LogP contribution in [0.15, 0.2) is 0 Å². The molecule has 0 radical (unpaired) electrons. The summed E-state index contributed by atoms with van der Waals surface area (Å²) in [7, 11) is 0. The molecule has 0 aromatic heterocycles. The van der Waals surface area contributed by atoms with Crippen molar-refractivity contribution < 1.29 is 9.59 Å². The maximum absolute atomic E-state index is 12.5. The fraction of sp³-hybridized carbons (Fsp3) is 0.857. The second-order valence-corrected chi connectivity index (χ2v) is 5.59. The van der Waals surface area contributed by atoms with Crippen molar-refractivity contribution in [1.29, 1.82) is 0 Å². The molecule has 1 saturated heterocycles. The van der Waals surface area contributed by atoms with E-state index in [1.165, 1.54) is 19.3 Å². The van der Waals surface area contributed by atoms with Crippen LogP contribution in [0, 0.1) is 5.92 Å². The highest BCUT2D eigenvalue weighted by Gasteiger charge is 2.41. The van der Waals surface area contributed by atoms with Crippen LogP contribution in [0.1, 0.15) is 52.4 Å². The molecule has 2 fully saturated rings. The Morgan fingerprint density at radius 2 is 1.89 bits per heavy atom. The first-order valence-electron chi connectivity index (χ1n) is 7.26. The molecule has 2 rings (SSSR count). The Labute approximate surface area is 109 Å². The summed E-state index contributed by atoms with van der Waals surface area (Å²) in [5.41, 5.74) is 0. The van der Waals surface area contributed by atoms with E-state index in [4.69, 9.17) is 0 Å². The first-order chi connectivity index (χ1) is 8.65. The summed E-state index contributed by atoms with van der Waals surface area (Å²) in [6, 6.07) is -0.571. The van der Waals surface area contributed by atoms with E-state index in [2.05, 4.69) is 5.32 Å². The van der Waals surface area contributed by atoms with Gasteiger partial charge in [-0.25, -0.2) is 0 Å². The monoisotopic (exact) mass is 252 g/mol. The maximum Gasteiger partial charge on any atom is 0.246 e. The Morgan fingerprint density at radius 1 is 1.22 bits per heavy atom. The molecule has 102 valence electrons. The van der Waals surface area contributed by atoms with Crippen molar-refractivity contribution in [2.75, 3.05) is 6.54 Å². The van der Waals surface area contributed by atoms with Gasteiger partial charge in [0.05, 0.1) is 0 Å². The fourth-order valence-electron chi connectivity index (χ4n) is 3.18. The van der Waals surface area contributed by atoms with Crippen LogP contribution in [-0.4, -0.2) is 35.3 Å². The van der Waals surface area contributed by atoms with Gasteiger partial charge < -0.3 is 10.2 Å². The van der Waals surface area contributed by atoms with Crippen LogP contribution in [0.25, 0.3) is 0 Å². The normalized spacial score (nSPS) is 30.4. The lowest BCUT2D eigenvalue weighted by molar-refractivity contribution is -0.150. The highest BCUT2D eigenvalue weighted by molar-refractivity contribution is 5.96. The van der Waals surface area contributed by atoms with Gasteiger partial charge in [0.15, 0.2) is 0 Å². The Kier molecular flexibility index (Phi) is 4.25. The second-order valence-electron chi connectivity index (χ2n) is 5.59. The summed E-state index contributed by atoms with van der Waals surface area (Å²) in [4.78, 5) is 26.2. The van der Waals surface area contributed by atoms with Gasteiger partial charge in [-0.15, -0.1) is 0 Å². The second kappa shape index (κ2) is 5.72. The van der Waals surface area contributed by atoms with Crippen molar-refractivity contribution in [3.05, 3.63) is 0 Å². The smallest absolute Gasteiger partial charge is 0.246 e. The highest BCUT2D eigenvalue weighted by atomic mass is 16.2. The van der Waals surface area contributed by atoms with Crippen molar-refractivity contribution >= 4 is 11.8 Å². The summed E-state index contributed by atoms with van der Waals surface area (Å²) in [5, 5.41) is 2.94. The number of hydrogen-bond acceptors (Lipinski definition) is 2. The van der Waals surface area contributed by atoms with E-state index in [0.29, 0.717) is 12.5 Å². The fourth-order valence-corrected chi connectivity index (χ4v) is 3.18. The number of carbonyl (C=O) groups is 2. The van der Waals surface area contributed by atoms with Gasteiger partial charge in [0.25, 0.3) is 0 Å². The van der Waals surface area contributed by atoms with E-state index in [-0.39, 0.29) is 23.9 Å². The van der Waals surface area contributed by atoms with E-state index in [9.17, 15) is 9.59 Å². The summed E-state index contributed by atoms with van der Waals surface area (Å²) in [6.07, 6.45) is 6.69. The third-order valence-electron chi connectivity index (χ3n) is 4.28. The predicted molar refractivity (Wildman–Crippen MR) is 70.0 cm³/mol. The lowest BCUT2D eigenvalue weighted by Crippen LogP contribution is -2.64. The molecule has 2 aliphatic rings. The summed E-state index contributed by atoms with van der Waals surface area (Å²) in [6.45, 7) is 4.55. The van der Waals surface area contributed by atoms with Gasteiger partial charge in [0, 0.05) is 6.54 Å². The van der Waals surface area contributed by atoms with E-state index in [0.717, 1.165) is 19.3 Å². The van der Waals surface area contributed by atoms with Gasteiger partial charge in [-0.1, -0.05) is 26.2 Å². The molecule has 2 unspecified atom stereocenters. The van der Waals surface area contributed by atoms with E-state index in [1.54, 1.807) is 4.90 Å². The van der Waals surface area contributed by atoms with Gasteiger partial charge >= 0.3 is 0 Å². The maximum atomic E-state index is 12.5. The summed E-state index contributed by atoms with van der Waals surface area (Å²) in [5.74, 6) is 0.497. The molecule has 18 heavy (non-hydrogen) atoms. The molecule has 1 N–H and O–H groups in total. The van der Waals surface area contributed by atoms with E-state index in [1.807, 2.05) is 13.8 Å². The summed E-state index contributed by atoms with van der Waals surface area (Å²) >= 11 is 0. The third kappa shape index (κ3) is 2.52. The Morgan fingerprint density at radius 3 is 2.50 bits per heavy atom. The largest absolute Gasteiger partial charge is 0.342 e. The van der Waals surface area contributed by atoms with Crippen LogP contribution in [0.3, 0.4) is 0 Å². The molecule has 4 nitrogen and oxygen atoms in total. The van der Waals surface area contributed by atoms with Crippen LogP contribution in [0.4, 0.5) is 0 Å². The predicted octanol–water partition coefficient (Wildman–Crippen LogP) is 1.69. The van der Waals surface area contributed by atoms with Crippen LogP contribution >= 0.6 is 0 Å². The zero-order chi connectivity index (χ0) is 13.1. The minimum atomic E-state index is -0.308. The van der Waals surface area contributed by atoms with Crippen molar-refractivity contribution in [1.82, 2.24) is 10.2 Å². The number of nitrogens with zero attached hydrogens (tertiary/aromatic N) is 1. The molecule has 2 amide bonds. The minimum Gasteiger partial charge on any atom is -0.342 e. The van der Waals surface area contributed by atoms with E-state index < -0.39 is 0 Å². The number of hydrogen-bond donors (Lipinski definition) is 1. The van der Waals surface area contributed by atoms with Crippen molar-refractivity contribution in [2.24, 2.45) is 5.92 Å². The zero-order valence-electron chi connectivity index (χ0n) is 11.4. The molecule has 1 heterocycles. The van der Waals surface area contributed by atoms with Crippen molar-refractivity contribution in [3.63, 3.8) is 0 Å². The van der Waals surface area contributed by atoms with Crippen LogP contribution in [-0.2, 0) is 9.59 Å². The van der Waals surface area contributed by atoms with Gasteiger partial charge in [0.2, 0.25) is 11.8 Å². The Balaban J connectivity index is 2.10. The average Bonchev–Trinajstić information content (AvgIpc) is 2.40. The summed E-state index contributed by atoms with van der Waals surface area (Å²) < 4.78 is 0. The lowest BCUT2D eigenvalue weighted by Gasteiger charge is -2.41. The Bertz CT molecular complexity index is 324. The molecule has 0 bridgehead atoms. The molecular weight excluding hydrogens is 228 g/mol. The quantitative estimate of drug-likeness (QED) is 0.831.